The van der Waals surface area contributed by atoms with Crippen LogP contribution in [0, 0.1) is 5.92 Å². The molecule has 1 saturated heterocycles. The maximum atomic E-state index is 11.7. The molecule has 0 aromatic rings. The summed E-state index contributed by atoms with van der Waals surface area (Å²) in [6, 6.07) is 0. The van der Waals surface area contributed by atoms with Crippen LogP contribution in [0.15, 0.2) is 0 Å². The Labute approximate surface area is 113 Å². The van der Waals surface area contributed by atoms with E-state index in [1.807, 2.05) is 0 Å². The molecule has 1 heterocycles. The molecule has 1 fully saturated rings. The van der Waals surface area contributed by atoms with Crippen LogP contribution in [0.1, 0.15) is 33.1 Å². The summed E-state index contributed by atoms with van der Waals surface area (Å²) in [7, 11) is 0. The van der Waals surface area contributed by atoms with Gasteiger partial charge in [0.05, 0.1) is 12.7 Å². The zero-order valence-corrected chi connectivity index (χ0v) is 11.6. The van der Waals surface area contributed by atoms with Crippen molar-refractivity contribution in [2.24, 2.45) is 5.92 Å². The smallest absolute Gasteiger partial charge is 0.303 e. The lowest BCUT2D eigenvalue weighted by Crippen LogP contribution is -2.38. The molecule has 3 atom stereocenters. The first-order valence-corrected chi connectivity index (χ1v) is 6.71. The molecule has 0 radical (unpaired) electrons. The third-order valence-corrected chi connectivity index (χ3v) is 3.07. The van der Waals surface area contributed by atoms with Crippen molar-refractivity contribution in [1.82, 2.24) is 5.32 Å². The van der Waals surface area contributed by atoms with E-state index in [1.165, 1.54) is 0 Å². The van der Waals surface area contributed by atoms with Gasteiger partial charge in [-0.1, -0.05) is 6.92 Å². The first-order valence-electron chi connectivity index (χ1n) is 6.71. The molecule has 0 spiro atoms. The van der Waals surface area contributed by atoms with Gasteiger partial charge in [-0.15, -0.1) is 0 Å². The van der Waals surface area contributed by atoms with Crippen LogP contribution in [-0.2, 0) is 19.1 Å². The Morgan fingerprint density at radius 3 is 2.79 bits per heavy atom. The Morgan fingerprint density at radius 2 is 2.21 bits per heavy atom. The van der Waals surface area contributed by atoms with E-state index < -0.39 is 12.1 Å². The van der Waals surface area contributed by atoms with E-state index in [9.17, 15) is 9.59 Å². The van der Waals surface area contributed by atoms with E-state index in [0.29, 0.717) is 13.2 Å². The molecule has 1 aliphatic rings. The number of ether oxygens (including phenoxy) is 2. The summed E-state index contributed by atoms with van der Waals surface area (Å²) in [6.07, 6.45) is 1.62. The quantitative estimate of drug-likeness (QED) is 0.683. The topological polar surface area (TPSA) is 84.9 Å². The SMILES string of the molecule is CC(CNC(=O)C(C)OCC1CCCO1)CC(=O)O. The average Bonchev–Trinajstić information content (AvgIpc) is 2.85. The summed E-state index contributed by atoms with van der Waals surface area (Å²) >= 11 is 0. The first kappa shape index (κ1) is 15.9. The van der Waals surface area contributed by atoms with E-state index in [4.69, 9.17) is 14.6 Å². The molecule has 1 rings (SSSR count). The molecule has 0 aromatic heterocycles. The van der Waals surface area contributed by atoms with Gasteiger partial charge in [0.2, 0.25) is 5.91 Å². The predicted octanol–water partition coefficient (Wildman–Crippen LogP) is 0.798. The zero-order chi connectivity index (χ0) is 14.3. The van der Waals surface area contributed by atoms with Crippen LogP contribution in [0.3, 0.4) is 0 Å². The highest BCUT2D eigenvalue weighted by Crippen LogP contribution is 2.12. The fourth-order valence-electron chi connectivity index (χ4n) is 1.89. The fraction of sp³-hybridized carbons (Fsp3) is 0.846. The van der Waals surface area contributed by atoms with Crippen molar-refractivity contribution in [3.05, 3.63) is 0 Å². The molecule has 6 heteroatoms. The standard InChI is InChI=1S/C13H23NO5/c1-9(6-12(15)16)7-14-13(17)10(2)19-8-11-4-3-5-18-11/h9-11H,3-8H2,1-2H3,(H,14,17)(H,15,16). The number of nitrogens with one attached hydrogen (secondary N) is 1. The highest BCUT2D eigenvalue weighted by atomic mass is 16.5. The lowest BCUT2D eigenvalue weighted by molar-refractivity contribution is -0.139. The molecular formula is C13H23NO5. The fourth-order valence-corrected chi connectivity index (χ4v) is 1.89. The Morgan fingerprint density at radius 1 is 1.47 bits per heavy atom. The summed E-state index contributed by atoms with van der Waals surface area (Å²) in [5.74, 6) is -1.16. The zero-order valence-electron chi connectivity index (χ0n) is 11.6. The van der Waals surface area contributed by atoms with Crippen molar-refractivity contribution in [3.8, 4) is 0 Å². The number of aliphatic carboxylic acids is 1. The van der Waals surface area contributed by atoms with E-state index in [0.717, 1.165) is 19.4 Å². The van der Waals surface area contributed by atoms with E-state index in [1.54, 1.807) is 13.8 Å². The van der Waals surface area contributed by atoms with Gasteiger partial charge in [0.1, 0.15) is 6.10 Å². The van der Waals surface area contributed by atoms with Crippen molar-refractivity contribution in [2.45, 2.75) is 45.3 Å². The number of rotatable bonds is 8. The number of hydrogen-bond donors (Lipinski definition) is 2. The minimum absolute atomic E-state index is 0.0471. The number of carbonyl (C=O) groups excluding carboxylic acids is 1. The summed E-state index contributed by atoms with van der Waals surface area (Å²) in [5, 5.41) is 11.3. The van der Waals surface area contributed by atoms with Gasteiger partial charge >= 0.3 is 5.97 Å². The Bertz CT molecular complexity index is 301. The summed E-state index contributed by atoms with van der Waals surface area (Å²) in [5.41, 5.74) is 0. The minimum Gasteiger partial charge on any atom is -0.481 e. The second-order valence-corrected chi connectivity index (χ2v) is 5.06. The van der Waals surface area contributed by atoms with Crippen LogP contribution in [0.5, 0.6) is 0 Å². The van der Waals surface area contributed by atoms with Crippen LogP contribution in [-0.4, -0.2) is 48.9 Å². The van der Waals surface area contributed by atoms with Gasteiger partial charge in [-0.05, 0) is 25.7 Å². The van der Waals surface area contributed by atoms with E-state index >= 15 is 0 Å². The van der Waals surface area contributed by atoms with Crippen LogP contribution in [0.2, 0.25) is 0 Å². The Balaban J connectivity index is 2.15. The van der Waals surface area contributed by atoms with Crippen molar-refractivity contribution < 1.29 is 24.2 Å². The molecule has 1 amide bonds. The lowest BCUT2D eigenvalue weighted by Gasteiger charge is -2.17. The highest BCUT2D eigenvalue weighted by Gasteiger charge is 2.20. The molecule has 110 valence electrons. The van der Waals surface area contributed by atoms with E-state index in [2.05, 4.69) is 5.32 Å². The monoisotopic (exact) mass is 273 g/mol. The summed E-state index contributed by atoms with van der Waals surface area (Å²) in [4.78, 5) is 22.2. The van der Waals surface area contributed by atoms with Gasteiger partial charge in [-0.25, -0.2) is 0 Å². The normalized spacial score (nSPS) is 21.9. The maximum Gasteiger partial charge on any atom is 0.303 e. The summed E-state index contributed by atoms with van der Waals surface area (Å²) < 4.78 is 10.9. The Kier molecular flexibility index (Phi) is 6.80. The third kappa shape index (κ3) is 6.54. The van der Waals surface area contributed by atoms with Crippen molar-refractivity contribution >= 4 is 11.9 Å². The molecule has 3 unspecified atom stereocenters. The first-order chi connectivity index (χ1) is 8.99. The molecule has 19 heavy (non-hydrogen) atoms. The van der Waals surface area contributed by atoms with Crippen LogP contribution in [0.4, 0.5) is 0 Å². The maximum absolute atomic E-state index is 11.7. The van der Waals surface area contributed by atoms with Gasteiger partial charge < -0.3 is 19.9 Å². The minimum atomic E-state index is -0.857. The van der Waals surface area contributed by atoms with Crippen molar-refractivity contribution in [2.75, 3.05) is 19.8 Å². The number of carboxylic acid groups (broad SMARTS) is 1. The average molecular weight is 273 g/mol. The summed E-state index contributed by atoms with van der Waals surface area (Å²) in [6.45, 7) is 5.01. The molecule has 0 bridgehead atoms. The number of carbonyl (C=O) groups is 2. The molecule has 6 nitrogen and oxygen atoms in total. The Hall–Kier alpha value is -1.14. The highest BCUT2D eigenvalue weighted by molar-refractivity contribution is 5.80. The second-order valence-electron chi connectivity index (χ2n) is 5.06. The van der Waals surface area contributed by atoms with E-state index in [-0.39, 0.29) is 24.3 Å². The number of hydrogen-bond acceptors (Lipinski definition) is 4. The van der Waals surface area contributed by atoms with Gasteiger partial charge in [0, 0.05) is 19.6 Å². The third-order valence-electron chi connectivity index (χ3n) is 3.07. The predicted molar refractivity (Wildman–Crippen MR) is 68.8 cm³/mol. The second kappa shape index (κ2) is 8.12. The van der Waals surface area contributed by atoms with Gasteiger partial charge in [-0.3, -0.25) is 9.59 Å². The lowest BCUT2D eigenvalue weighted by atomic mass is 10.1. The largest absolute Gasteiger partial charge is 0.481 e. The molecule has 1 aliphatic heterocycles. The molecule has 0 aliphatic carbocycles. The van der Waals surface area contributed by atoms with Crippen molar-refractivity contribution in [3.63, 3.8) is 0 Å². The molecule has 2 N–H and O–H groups in total. The van der Waals surface area contributed by atoms with Crippen LogP contribution < -0.4 is 5.32 Å². The number of amides is 1. The molecular weight excluding hydrogens is 250 g/mol. The van der Waals surface area contributed by atoms with Crippen LogP contribution in [0.25, 0.3) is 0 Å². The molecule has 0 aromatic carbocycles. The van der Waals surface area contributed by atoms with Gasteiger partial charge in [-0.2, -0.15) is 0 Å². The van der Waals surface area contributed by atoms with Gasteiger partial charge in [0.25, 0.3) is 0 Å². The van der Waals surface area contributed by atoms with Crippen LogP contribution >= 0.6 is 0 Å². The van der Waals surface area contributed by atoms with Gasteiger partial charge in [0.15, 0.2) is 0 Å². The molecule has 0 saturated carbocycles. The number of carboxylic acids is 1. The van der Waals surface area contributed by atoms with Crippen molar-refractivity contribution in [1.29, 1.82) is 0 Å².